The number of aryl methyl sites for hydroxylation is 2. The van der Waals surface area contributed by atoms with E-state index in [1.54, 1.807) is 0 Å². The van der Waals surface area contributed by atoms with Crippen LogP contribution < -0.4 is 0 Å². The minimum atomic E-state index is -0.262. The highest BCUT2D eigenvalue weighted by Gasteiger charge is 2.22. The standard InChI is InChI=1S/C12H13NO/c1-8-3-2-4-10-9(8)7-11-12(14)5-6-13(10)11/h2-4,7,12,14H,5-6H2,1H3. The molecule has 1 unspecified atom stereocenters. The average molecular weight is 187 g/mol. The number of rotatable bonds is 0. The van der Waals surface area contributed by atoms with E-state index in [9.17, 15) is 5.11 Å². The summed E-state index contributed by atoms with van der Waals surface area (Å²) in [6, 6.07) is 8.45. The zero-order valence-electron chi connectivity index (χ0n) is 8.20. The Morgan fingerprint density at radius 1 is 1.43 bits per heavy atom. The molecule has 0 radical (unpaired) electrons. The van der Waals surface area contributed by atoms with Gasteiger partial charge in [0.15, 0.2) is 0 Å². The number of fused-ring (bicyclic) bond motifs is 3. The second kappa shape index (κ2) is 2.61. The molecule has 1 N–H and O–H groups in total. The van der Waals surface area contributed by atoms with Crippen molar-refractivity contribution < 1.29 is 5.11 Å². The molecule has 1 aliphatic heterocycles. The van der Waals surface area contributed by atoms with Gasteiger partial charge in [-0.15, -0.1) is 0 Å². The quantitative estimate of drug-likeness (QED) is 0.673. The molecule has 0 spiro atoms. The number of aliphatic hydroxyl groups excluding tert-OH is 1. The third-order valence-electron chi connectivity index (χ3n) is 3.16. The van der Waals surface area contributed by atoms with Gasteiger partial charge >= 0.3 is 0 Å². The van der Waals surface area contributed by atoms with Crippen molar-refractivity contribution in [2.75, 3.05) is 0 Å². The summed E-state index contributed by atoms with van der Waals surface area (Å²) in [7, 11) is 0. The summed E-state index contributed by atoms with van der Waals surface area (Å²) in [5, 5.41) is 11.0. The average Bonchev–Trinajstić information content (AvgIpc) is 2.69. The molecular formula is C12H13NO. The van der Waals surface area contributed by atoms with Gasteiger partial charge < -0.3 is 9.67 Å². The van der Waals surface area contributed by atoms with E-state index >= 15 is 0 Å². The van der Waals surface area contributed by atoms with E-state index < -0.39 is 0 Å². The summed E-state index contributed by atoms with van der Waals surface area (Å²) >= 11 is 0. The Hall–Kier alpha value is -1.28. The smallest absolute Gasteiger partial charge is 0.0957 e. The van der Waals surface area contributed by atoms with E-state index in [0.717, 1.165) is 18.7 Å². The van der Waals surface area contributed by atoms with Gasteiger partial charge in [-0.1, -0.05) is 12.1 Å². The fraction of sp³-hybridized carbons (Fsp3) is 0.333. The van der Waals surface area contributed by atoms with Crippen molar-refractivity contribution in [2.24, 2.45) is 0 Å². The predicted octanol–water partition coefficient (Wildman–Crippen LogP) is 2.39. The van der Waals surface area contributed by atoms with E-state index in [1.807, 2.05) is 0 Å². The Morgan fingerprint density at radius 2 is 2.29 bits per heavy atom. The molecule has 0 fully saturated rings. The summed E-state index contributed by atoms with van der Waals surface area (Å²) < 4.78 is 2.23. The van der Waals surface area contributed by atoms with E-state index in [4.69, 9.17) is 0 Å². The van der Waals surface area contributed by atoms with Crippen molar-refractivity contribution >= 4 is 10.9 Å². The number of aromatic nitrogens is 1. The number of nitrogens with zero attached hydrogens (tertiary/aromatic N) is 1. The largest absolute Gasteiger partial charge is 0.387 e. The second-order valence-electron chi connectivity index (χ2n) is 4.03. The summed E-state index contributed by atoms with van der Waals surface area (Å²) in [6.07, 6.45) is 0.598. The maximum Gasteiger partial charge on any atom is 0.0957 e. The molecular weight excluding hydrogens is 174 g/mol. The molecule has 1 aromatic carbocycles. The van der Waals surface area contributed by atoms with Crippen LogP contribution in [-0.4, -0.2) is 9.67 Å². The lowest BCUT2D eigenvalue weighted by molar-refractivity contribution is 0.180. The topological polar surface area (TPSA) is 25.2 Å². The number of aliphatic hydroxyl groups is 1. The predicted molar refractivity (Wildman–Crippen MR) is 56.3 cm³/mol. The molecule has 0 saturated carbocycles. The second-order valence-corrected chi connectivity index (χ2v) is 4.03. The summed E-state index contributed by atoms with van der Waals surface area (Å²) in [5.41, 5.74) is 3.63. The number of hydrogen-bond acceptors (Lipinski definition) is 1. The molecule has 0 aliphatic carbocycles. The molecule has 72 valence electrons. The van der Waals surface area contributed by atoms with Crippen LogP contribution in [-0.2, 0) is 6.54 Å². The lowest BCUT2D eigenvalue weighted by atomic mass is 10.1. The lowest BCUT2D eigenvalue weighted by Crippen LogP contribution is -1.91. The molecule has 1 aromatic heterocycles. The van der Waals surface area contributed by atoms with Crippen molar-refractivity contribution in [1.82, 2.24) is 4.57 Å². The van der Waals surface area contributed by atoms with Crippen LogP contribution in [0, 0.1) is 6.92 Å². The number of hydrogen-bond donors (Lipinski definition) is 1. The Labute approximate surface area is 82.8 Å². The van der Waals surface area contributed by atoms with Crippen LogP contribution in [0.4, 0.5) is 0 Å². The Kier molecular flexibility index (Phi) is 1.50. The van der Waals surface area contributed by atoms with E-state index in [2.05, 4.69) is 35.8 Å². The maximum atomic E-state index is 9.75. The molecule has 0 saturated heterocycles. The van der Waals surface area contributed by atoms with Crippen LogP contribution in [0.1, 0.15) is 23.8 Å². The van der Waals surface area contributed by atoms with Crippen molar-refractivity contribution in [2.45, 2.75) is 26.0 Å². The third-order valence-corrected chi connectivity index (χ3v) is 3.16. The lowest BCUT2D eigenvalue weighted by Gasteiger charge is -2.00. The van der Waals surface area contributed by atoms with Gasteiger partial charge in [0, 0.05) is 23.1 Å². The minimum absolute atomic E-state index is 0.262. The van der Waals surface area contributed by atoms with Crippen LogP contribution in [0.2, 0.25) is 0 Å². The van der Waals surface area contributed by atoms with Crippen LogP contribution in [0.5, 0.6) is 0 Å². The summed E-state index contributed by atoms with van der Waals surface area (Å²) in [6.45, 7) is 3.06. The van der Waals surface area contributed by atoms with Gasteiger partial charge in [0.25, 0.3) is 0 Å². The van der Waals surface area contributed by atoms with Gasteiger partial charge in [0.2, 0.25) is 0 Å². The fourth-order valence-corrected chi connectivity index (χ4v) is 2.38. The molecule has 2 heteroatoms. The molecule has 2 aromatic rings. The SMILES string of the molecule is Cc1cccc2c1cc1n2CCC1O. The van der Waals surface area contributed by atoms with Crippen LogP contribution >= 0.6 is 0 Å². The fourth-order valence-electron chi connectivity index (χ4n) is 2.38. The first-order valence-electron chi connectivity index (χ1n) is 5.04. The van der Waals surface area contributed by atoms with E-state index in [1.165, 1.54) is 16.5 Å². The van der Waals surface area contributed by atoms with Crippen molar-refractivity contribution in [3.8, 4) is 0 Å². The van der Waals surface area contributed by atoms with E-state index in [0.29, 0.717) is 0 Å². The van der Waals surface area contributed by atoms with Crippen LogP contribution in [0.15, 0.2) is 24.3 Å². The summed E-state index contributed by atoms with van der Waals surface area (Å²) in [5.74, 6) is 0. The molecule has 2 nitrogen and oxygen atoms in total. The normalized spacial score (nSPS) is 20.3. The van der Waals surface area contributed by atoms with Gasteiger partial charge in [-0.05, 0) is 31.0 Å². The first-order valence-corrected chi connectivity index (χ1v) is 5.04. The van der Waals surface area contributed by atoms with Crippen LogP contribution in [0.3, 0.4) is 0 Å². The molecule has 2 heterocycles. The number of benzene rings is 1. The third kappa shape index (κ3) is 0.891. The van der Waals surface area contributed by atoms with Gasteiger partial charge in [-0.2, -0.15) is 0 Å². The molecule has 1 atom stereocenters. The molecule has 1 aliphatic rings. The minimum Gasteiger partial charge on any atom is -0.387 e. The molecule has 0 bridgehead atoms. The van der Waals surface area contributed by atoms with Crippen molar-refractivity contribution in [3.05, 3.63) is 35.5 Å². The molecule has 14 heavy (non-hydrogen) atoms. The highest BCUT2D eigenvalue weighted by molar-refractivity contribution is 5.85. The molecule has 0 amide bonds. The highest BCUT2D eigenvalue weighted by atomic mass is 16.3. The maximum absolute atomic E-state index is 9.75. The Balaban J connectivity index is 2.40. The first-order chi connectivity index (χ1) is 6.77. The van der Waals surface area contributed by atoms with Crippen molar-refractivity contribution in [1.29, 1.82) is 0 Å². The Morgan fingerprint density at radius 3 is 3.14 bits per heavy atom. The summed E-state index contributed by atoms with van der Waals surface area (Å²) in [4.78, 5) is 0. The monoisotopic (exact) mass is 187 g/mol. The van der Waals surface area contributed by atoms with E-state index in [-0.39, 0.29) is 6.10 Å². The van der Waals surface area contributed by atoms with Gasteiger partial charge in [0.1, 0.15) is 0 Å². The van der Waals surface area contributed by atoms with Crippen molar-refractivity contribution in [3.63, 3.8) is 0 Å². The van der Waals surface area contributed by atoms with Crippen LogP contribution in [0.25, 0.3) is 10.9 Å². The highest BCUT2D eigenvalue weighted by Crippen LogP contribution is 2.33. The molecule has 3 rings (SSSR count). The Bertz CT molecular complexity index is 498. The van der Waals surface area contributed by atoms with Gasteiger partial charge in [-0.3, -0.25) is 0 Å². The zero-order valence-corrected chi connectivity index (χ0v) is 8.20. The van der Waals surface area contributed by atoms with Gasteiger partial charge in [0.05, 0.1) is 6.10 Å². The van der Waals surface area contributed by atoms with Gasteiger partial charge in [-0.25, -0.2) is 0 Å². The first kappa shape index (κ1) is 8.06. The zero-order chi connectivity index (χ0) is 9.71.